The molecule has 0 aliphatic carbocycles. The van der Waals surface area contributed by atoms with Gasteiger partial charge in [-0.05, 0) is 0 Å². The highest BCUT2D eigenvalue weighted by Crippen LogP contribution is 1.75. The van der Waals surface area contributed by atoms with Crippen LogP contribution in [0, 0.1) is 0 Å². The molecule has 0 unspecified atom stereocenters. The number of esters is 1. The van der Waals surface area contributed by atoms with Crippen molar-refractivity contribution in [1.29, 1.82) is 0 Å². The number of nitrogens with one attached hydrogen (secondary N) is 1. The van der Waals surface area contributed by atoms with Gasteiger partial charge in [0.1, 0.15) is 0 Å². The van der Waals surface area contributed by atoms with Crippen molar-refractivity contribution >= 4 is 5.97 Å². The van der Waals surface area contributed by atoms with Crippen molar-refractivity contribution in [1.82, 2.24) is 5.32 Å². The molecule has 0 aromatic carbocycles. The van der Waals surface area contributed by atoms with Gasteiger partial charge in [-0.3, -0.25) is 0 Å². The average Bonchev–Trinajstić information content (AvgIpc) is 2.16. The maximum atomic E-state index is 10.5. The molecule has 0 saturated carbocycles. The minimum atomic E-state index is -0.399. The first kappa shape index (κ1) is 11.9. The first-order valence-corrected chi connectivity index (χ1v) is 3.97. The average molecular weight is 189 g/mol. The number of carbonyl (C=O) groups excluding carboxylic acids is 1. The topological polar surface area (TPSA) is 67.8 Å². The monoisotopic (exact) mass is 189 g/mol. The molecule has 5 heteroatoms. The lowest BCUT2D eigenvalue weighted by Gasteiger charge is -2.01. The number of carbonyl (C=O) groups is 1. The van der Waals surface area contributed by atoms with Crippen LogP contribution >= 0.6 is 0 Å². The van der Waals surface area contributed by atoms with Crippen LogP contribution in [-0.2, 0) is 14.3 Å². The third-order valence-corrected chi connectivity index (χ3v) is 1.16. The Morgan fingerprint density at radius 3 is 2.92 bits per heavy atom. The van der Waals surface area contributed by atoms with Gasteiger partial charge >= 0.3 is 5.97 Å². The van der Waals surface area contributed by atoms with Crippen molar-refractivity contribution in [3.63, 3.8) is 0 Å². The lowest BCUT2D eigenvalue weighted by molar-refractivity contribution is -0.134. The van der Waals surface area contributed by atoms with Gasteiger partial charge in [0.2, 0.25) is 0 Å². The molecule has 0 aromatic heterocycles. The summed E-state index contributed by atoms with van der Waals surface area (Å²) < 4.78 is 9.32. The SMILES string of the molecule is COC(=O)/C=C/NCCOCCO. The van der Waals surface area contributed by atoms with E-state index in [9.17, 15) is 4.79 Å². The van der Waals surface area contributed by atoms with Crippen LogP contribution in [0.2, 0.25) is 0 Å². The Morgan fingerprint density at radius 1 is 1.54 bits per heavy atom. The van der Waals surface area contributed by atoms with Gasteiger partial charge in [0, 0.05) is 18.8 Å². The fourth-order valence-electron chi connectivity index (χ4n) is 0.576. The van der Waals surface area contributed by atoms with Crippen molar-refractivity contribution in [3.05, 3.63) is 12.3 Å². The van der Waals surface area contributed by atoms with E-state index in [-0.39, 0.29) is 6.61 Å². The fourth-order valence-corrected chi connectivity index (χ4v) is 0.576. The molecule has 0 aliphatic heterocycles. The summed E-state index contributed by atoms with van der Waals surface area (Å²) in [5.41, 5.74) is 0. The summed E-state index contributed by atoms with van der Waals surface area (Å²) in [4.78, 5) is 10.5. The van der Waals surface area contributed by atoms with E-state index < -0.39 is 5.97 Å². The number of aliphatic hydroxyl groups is 1. The quantitative estimate of drug-likeness (QED) is 0.314. The summed E-state index contributed by atoms with van der Waals surface area (Å²) in [5.74, 6) is -0.399. The predicted molar refractivity (Wildman–Crippen MR) is 47.1 cm³/mol. The molecule has 2 N–H and O–H groups in total. The van der Waals surface area contributed by atoms with Gasteiger partial charge in [-0.2, -0.15) is 0 Å². The van der Waals surface area contributed by atoms with Gasteiger partial charge in [0.15, 0.2) is 0 Å². The van der Waals surface area contributed by atoms with Gasteiger partial charge in [0.05, 0.1) is 26.9 Å². The van der Waals surface area contributed by atoms with E-state index in [4.69, 9.17) is 9.84 Å². The number of hydrogen-bond acceptors (Lipinski definition) is 5. The second-order valence-corrected chi connectivity index (χ2v) is 2.15. The molecule has 0 atom stereocenters. The molecule has 0 spiro atoms. The molecule has 0 aliphatic rings. The van der Waals surface area contributed by atoms with Crippen molar-refractivity contribution < 1.29 is 19.4 Å². The molecule has 0 heterocycles. The Kier molecular flexibility index (Phi) is 8.28. The molecule has 0 rings (SSSR count). The van der Waals surface area contributed by atoms with Crippen molar-refractivity contribution in [3.8, 4) is 0 Å². The van der Waals surface area contributed by atoms with Crippen LogP contribution in [0.15, 0.2) is 12.3 Å². The Bertz CT molecular complexity index is 158. The number of aliphatic hydroxyl groups excluding tert-OH is 1. The van der Waals surface area contributed by atoms with Gasteiger partial charge in [-0.15, -0.1) is 0 Å². The minimum Gasteiger partial charge on any atom is -0.466 e. The summed E-state index contributed by atoms with van der Waals surface area (Å²) in [5, 5.41) is 11.2. The number of methoxy groups -OCH3 is 1. The Hall–Kier alpha value is -1.07. The molecule has 0 saturated heterocycles. The highest BCUT2D eigenvalue weighted by Gasteiger charge is 1.88. The Balaban J connectivity index is 3.15. The van der Waals surface area contributed by atoms with Crippen molar-refractivity contribution in [2.75, 3.05) is 33.5 Å². The number of rotatable bonds is 7. The zero-order valence-corrected chi connectivity index (χ0v) is 7.66. The highest BCUT2D eigenvalue weighted by molar-refractivity contribution is 5.81. The second kappa shape index (κ2) is 9.02. The van der Waals surface area contributed by atoms with E-state index in [0.717, 1.165) is 0 Å². The van der Waals surface area contributed by atoms with E-state index in [1.807, 2.05) is 0 Å². The van der Waals surface area contributed by atoms with Crippen LogP contribution in [0.4, 0.5) is 0 Å². The van der Waals surface area contributed by atoms with E-state index in [1.165, 1.54) is 19.4 Å². The van der Waals surface area contributed by atoms with Gasteiger partial charge in [-0.1, -0.05) is 0 Å². The van der Waals surface area contributed by atoms with Crippen molar-refractivity contribution in [2.24, 2.45) is 0 Å². The molecular formula is C8H15NO4. The number of ether oxygens (including phenoxy) is 2. The highest BCUT2D eigenvalue weighted by atomic mass is 16.5. The third-order valence-electron chi connectivity index (χ3n) is 1.16. The largest absolute Gasteiger partial charge is 0.466 e. The summed E-state index contributed by atoms with van der Waals surface area (Å²) >= 11 is 0. The molecule has 0 aromatic rings. The first-order valence-electron chi connectivity index (χ1n) is 3.97. The molecule has 5 nitrogen and oxygen atoms in total. The van der Waals surface area contributed by atoms with Crippen molar-refractivity contribution in [2.45, 2.75) is 0 Å². The van der Waals surface area contributed by atoms with Crippen LogP contribution in [0.1, 0.15) is 0 Å². The molecule has 0 radical (unpaired) electrons. The summed E-state index contributed by atoms with van der Waals surface area (Å²) in [7, 11) is 1.32. The van der Waals surface area contributed by atoms with E-state index in [0.29, 0.717) is 19.8 Å². The molecule has 0 bridgehead atoms. The lowest BCUT2D eigenvalue weighted by atomic mass is 10.6. The van der Waals surface area contributed by atoms with Crippen LogP contribution < -0.4 is 5.32 Å². The van der Waals surface area contributed by atoms with Crippen LogP contribution in [0.5, 0.6) is 0 Å². The number of hydrogen-bond donors (Lipinski definition) is 2. The summed E-state index contributed by atoms with van der Waals surface area (Å²) in [6.45, 7) is 1.44. The van der Waals surface area contributed by atoms with Crippen LogP contribution in [0.3, 0.4) is 0 Å². The van der Waals surface area contributed by atoms with E-state index in [2.05, 4.69) is 10.1 Å². The third kappa shape index (κ3) is 8.84. The lowest BCUT2D eigenvalue weighted by Crippen LogP contribution is -2.15. The zero-order valence-electron chi connectivity index (χ0n) is 7.66. The Morgan fingerprint density at radius 2 is 2.31 bits per heavy atom. The van der Waals surface area contributed by atoms with Crippen LogP contribution in [-0.4, -0.2) is 44.6 Å². The summed E-state index contributed by atoms with van der Waals surface area (Å²) in [6.07, 6.45) is 2.78. The predicted octanol–water partition coefficient (Wildman–Crippen LogP) is -0.728. The first-order chi connectivity index (χ1) is 6.31. The maximum Gasteiger partial charge on any atom is 0.331 e. The molecule has 0 fully saturated rings. The minimum absolute atomic E-state index is 0.0258. The normalized spacial score (nSPS) is 10.3. The second-order valence-electron chi connectivity index (χ2n) is 2.15. The summed E-state index contributed by atoms with van der Waals surface area (Å²) in [6, 6.07) is 0. The van der Waals surface area contributed by atoms with Gasteiger partial charge in [0.25, 0.3) is 0 Å². The molecular weight excluding hydrogens is 174 g/mol. The van der Waals surface area contributed by atoms with E-state index >= 15 is 0 Å². The Labute approximate surface area is 77.3 Å². The molecule has 76 valence electrons. The zero-order chi connectivity index (χ0) is 9.94. The van der Waals surface area contributed by atoms with E-state index in [1.54, 1.807) is 0 Å². The standard InChI is InChI=1S/C8H15NO4/c1-12-8(11)2-3-9-4-6-13-7-5-10/h2-3,9-10H,4-7H2,1H3/b3-2+. The van der Waals surface area contributed by atoms with Gasteiger partial charge in [-0.25, -0.2) is 4.79 Å². The van der Waals surface area contributed by atoms with Crippen LogP contribution in [0.25, 0.3) is 0 Å². The maximum absolute atomic E-state index is 10.5. The van der Waals surface area contributed by atoms with Gasteiger partial charge < -0.3 is 19.9 Å². The smallest absolute Gasteiger partial charge is 0.331 e. The fraction of sp³-hybridized carbons (Fsp3) is 0.625. The molecule has 13 heavy (non-hydrogen) atoms. The molecule has 0 amide bonds.